The third-order valence-corrected chi connectivity index (χ3v) is 4.10. The van der Waals surface area contributed by atoms with Gasteiger partial charge in [0.25, 0.3) is 0 Å². The third-order valence-electron chi connectivity index (χ3n) is 4.10. The Bertz CT molecular complexity index is 353. The Balaban J connectivity index is 1.94. The van der Waals surface area contributed by atoms with E-state index in [9.17, 15) is 5.11 Å². The van der Waals surface area contributed by atoms with E-state index in [2.05, 4.69) is 22.2 Å². The smallest absolute Gasteiger partial charge is 0.0925 e. The van der Waals surface area contributed by atoms with Crippen LogP contribution in [0.3, 0.4) is 0 Å². The summed E-state index contributed by atoms with van der Waals surface area (Å²) in [5, 5.41) is 13.2. The molecule has 96 valence electrons. The maximum absolute atomic E-state index is 9.64. The molecule has 4 nitrogen and oxygen atoms in total. The second kappa shape index (κ2) is 5.19. The normalized spacial score (nSPS) is 29.5. The molecular weight excluding hydrogens is 214 g/mol. The second-order valence-corrected chi connectivity index (χ2v) is 5.45. The molecule has 0 spiro atoms. The van der Waals surface area contributed by atoms with Gasteiger partial charge in [0.1, 0.15) is 0 Å². The summed E-state index contributed by atoms with van der Waals surface area (Å²) >= 11 is 0. The molecule has 1 saturated carbocycles. The molecule has 0 aliphatic heterocycles. The lowest BCUT2D eigenvalue weighted by atomic mass is 9.77. The van der Waals surface area contributed by atoms with Crippen LogP contribution in [0.15, 0.2) is 6.33 Å². The second-order valence-electron chi connectivity index (χ2n) is 5.45. The maximum atomic E-state index is 9.64. The number of aryl methyl sites for hydroxylation is 1. The molecule has 0 amide bonds. The summed E-state index contributed by atoms with van der Waals surface area (Å²) in [6.07, 6.45) is 6.25. The number of aromatic nitrogens is 2. The Morgan fingerprint density at radius 2 is 2.24 bits per heavy atom. The largest absolute Gasteiger partial charge is 0.394 e. The molecular formula is C13H23N3O. The molecule has 1 aromatic heterocycles. The summed E-state index contributed by atoms with van der Waals surface area (Å²) in [6, 6.07) is 0. The topological polar surface area (TPSA) is 60.9 Å². The number of nitrogens with zero attached hydrogens (tertiary/aromatic N) is 1. The van der Waals surface area contributed by atoms with Gasteiger partial charge in [-0.3, -0.25) is 0 Å². The molecule has 0 unspecified atom stereocenters. The molecule has 0 aromatic carbocycles. The molecule has 2 rings (SSSR count). The zero-order chi connectivity index (χ0) is 12.3. The minimum absolute atomic E-state index is 0.0854. The number of nitrogens with one attached hydrogen (secondary N) is 2. The van der Waals surface area contributed by atoms with E-state index in [1.54, 1.807) is 6.33 Å². The molecule has 1 aliphatic rings. The van der Waals surface area contributed by atoms with E-state index in [4.69, 9.17) is 0 Å². The Morgan fingerprint density at radius 3 is 2.76 bits per heavy atom. The molecule has 0 bridgehead atoms. The monoisotopic (exact) mass is 237 g/mol. The average Bonchev–Trinajstić information content (AvgIpc) is 2.75. The lowest BCUT2D eigenvalue weighted by molar-refractivity contribution is 0.104. The highest BCUT2D eigenvalue weighted by atomic mass is 16.3. The number of aliphatic hydroxyl groups is 1. The van der Waals surface area contributed by atoms with Gasteiger partial charge in [0.15, 0.2) is 0 Å². The quantitative estimate of drug-likeness (QED) is 0.747. The van der Waals surface area contributed by atoms with Crippen molar-refractivity contribution in [2.24, 2.45) is 5.92 Å². The van der Waals surface area contributed by atoms with E-state index in [0.717, 1.165) is 36.7 Å². The van der Waals surface area contributed by atoms with Crippen molar-refractivity contribution in [2.45, 2.75) is 51.6 Å². The van der Waals surface area contributed by atoms with Gasteiger partial charge < -0.3 is 15.4 Å². The van der Waals surface area contributed by atoms with Crippen molar-refractivity contribution in [1.29, 1.82) is 0 Å². The van der Waals surface area contributed by atoms with Gasteiger partial charge in [-0.05, 0) is 38.5 Å². The van der Waals surface area contributed by atoms with Gasteiger partial charge in [-0.1, -0.05) is 6.92 Å². The maximum Gasteiger partial charge on any atom is 0.0925 e. The molecule has 1 aromatic rings. The Hall–Kier alpha value is -0.870. The van der Waals surface area contributed by atoms with Gasteiger partial charge in [-0.2, -0.15) is 0 Å². The van der Waals surface area contributed by atoms with Crippen molar-refractivity contribution in [3.8, 4) is 0 Å². The zero-order valence-electron chi connectivity index (χ0n) is 10.8. The van der Waals surface area contributed by atoms with Crippen molar-refractivity contribution >= 4 is 0 Å². The minimum Gasteiger partial charge on any atom is -0.394 e. The van der Waals surface area contributed by atoms with Crippen molar-refractivity contribution in [3.63, 3.8) is 0 Å². The first kappa shape index (κ1) is 12.6. The fourth-order valence-corrected chi connectivity index (χ4v) is 2.54. The van der Waals surface area contributed by atoms with E-state index < -0.39 is 0 Å². The lowest BCUT2D eigenvalue weighted by Gasteiger charge is -2.39. The zero-order valence-corrected chi connectivity index (χ0v) is 10.8. The van der Waals surface area contributed by atoms with Crippen molar-refractivity contribution in [3.05, 3.63) is 17.7 Å². The lowest BCUT2D eigenvalue weighted by Crippen LogP contribution is -2.50. The third kappa shape index (κ3) is 2.87. The van der Waals surface area contributed by atoms with Gasteiger partial charge in [0.2, 0.25) is 0 Å². The number of aliphatic hydroxyl groups excluding tert-OH is 1. The average molecular weight is 237 g/mol. The summed E-state index contributed by atoms with van der Waals surface area (Å²) in [7, 11) is 0. The number of rotatable bonds is 4. The van der Waals surface area contributed by atoms with Crippen LogP contribution in [0.1, 0.15) is 44.0 Å². The van der Waals surface area contributed by atoms with Crippen LogP contribution < -0.4 is 5.32 Å². The molecule has 4 heteroatoms. The minimum atomic E-state index is -0.0854. The van der Waals surface area contributed by atoms with Crippen molar-refractivity contribution < 1.29 is 5.11 Å². The fourth-order valence-electron chi connectivity index (χ4n) is 2.54. The van der Waals surface area contributed by atoms with E-state index in [-0.39, 0.29) is 12.1 Å². The number of H-pyrrole nitrogens is 1. The van der Waals surface area contributed by atoms with Crippen LogP contribution in [-0.2, 0) is 6.54 Å². The number of hydrogen-bond acceptors (Lipinski definition) is 3. The predicted molar refractivity (Wildman–Crippen MR) is 67.6 cm³/mol. The summed E-state index contributed by atoms with van der Waals surface area (Å²) < 4.78 is 0. The van der Waals surface area contributed by atoms with Crippen molar-refractivity contribution in [2.75, 3.05) is 6.61 Å². The Morgan fingerprint density at radius 1 is 1.53 bits per heavy atom. The Labute approximate surface area is 103 Å². The standard InChI is InChI=1S/C13H23N3O/c1-10-3-5-13(8-17,6-4-10)16-7-12-11(2)14-9-15-12/h9-10,16-17H,3-8H2,1-2H3,(H,14,15). The van der Waals surface area contributed by atoms with E-state index in [0.29, 0.717) is 0 Å². The van der Waals surface area contributed by atoms with Gasteiger partial charge in [-0.25, -0.2) is 4.98 Å². The van der Waals surface area contributed by atoms with Crippen LogP contribution in [0.2, 0.25) is 0 Å². The van der Waals surface area contributed by atoms with Gasteiger partial charge in [0.05, 0.1) is 18.6 Å². The molecule has 17 heavy (non-hydrogen) atoms. The predicted octanol–water partition coefficient (Wildman–Crippen LogP) is 1.75. The highest BCUT2D eigenvalue weighted by Crippen LogP contribution is 2.31. The van der Waals surface area contributed by atoms with E-state index in [1.165, 1.54) is 12.8 Å². The van der Waals surface area contributed by atoms with Crippen LogP contribution in [0.25, 0.3) is 0 Å². The van der Waals surface area contributed by atoms with Crippen LogP contribution in [0, 0.1) is 12.8 Å². The molecule has 1 heterocycles. The van der Waals surface area contributed by atoms with Crippen LogP contribution in [0.5, 0.6) is 0 Å². The van der Waals surface area contributed by atoms with Gasteiger partial charge >= 0.3 is 0 Å². The summed E-state index contributed by atoms with van der Waals surface area (Å²) in [4.78, 5) is 7.36. The molecule has 0 radical (unpaired) electrons. The summed E-state index contributed by atoms with van der Waals surface area (Å²) in [6.45, 7) is 5.28. The van der Waals surface area contributed by atoms with Crippen LogP contribution in [0.4, 0.5) is 0 Å². The molecule has 1 aliphatic carbocycles. The molecule has 0 atom stereocenters. The van der Waals surface area contributed by atoms with Gasteiger partial charge in [-0.15, -0.1) is 0 Å². The number of imidazole rings is 1. The fraction of sp³-hybridized carbons (Fsp3) is 0.769. The molecule has 3 N–H and O–H groups in total. The molecule has 1 fully saturated rings. The first-order valence-corrected chi connectivity index (χ1v) is 6.50. The summed E-state index contributed by atoms with van der Waals surface area (Å²) in [5.41, 5.74) is 2.07. The van der Waals surface area contributed by atoms with Crippen LogP contribution >= 0.6 is 0 Å². The highest BCUT2D eigenvalue weighted by Gasteiger charge is 2.33. The first-order valence-electron chi connectivity index (χ1n) is 6.50. The van der Waals surface area contributed by atoms with Crippen molar-refractivity contribution in [1.82, 2.24) is 15.3 Å². The Kier molecular flexibility index (Phi) is 3.84. The van der Waals surface area contributed by atoms with Crippen LogP contribution in [-0.4, -0.2) is 27.2 Å². The number of aromatic amines is 1. The number of hydrogen-bond donors (Lipinski definition) is 3. The SMILES string of the molecule is Cc1[nH]cnc1CNC1(CO)CCC(C)CC1. The highest BCUT2D eigenvalue weighted by molar-refractivity contribution is 5.09. The van der Waals surface area contributed by atoms with E-state index in [1.807, 2.05) is 6.92 Å². The van der Waals surface area contributed by atoms with Gasteiger partial charge in [0, 0.05) is 17.8 Å². The molecule has 0 saturated heterocycles. The first-order chi connectivity index (χ1) is 8.15. The van der Waals surface area contributed by atoms with E-state index >= 15 is 0 Å². The summed E-state index contributed by atoms with van der Waals surface area (Å²) in [5.74, 6) is 0.795.